The van der Waals surface area contributed by atoms with Crippen LogP contribution in [0.3, 0.4) is 0 Å². The van der Waals surface area contributed by atoms with E-state index in [9.17, 15) is 9.59 Å². The monoisotopic (exact) mass is 393 g/mol. The third-order valence-electron chi connectivity index (χ3n) is 5.71. The number of piperazine rings is 1. The first kappa shape index (κ1) is 19.4. The Morgan fingerprint density at radius 3 is 2.41 bits per heavy atom. The summed E-state index contributed by atoms with van der Waals surface area (Å²) in [5, 5.41) is 0. The number of aryl methyl sites for hydroxylation is 3. The van der Waals surface area contributed by atoms with Gasteiger partial charge in [-0.2, -0.15) is 0 Å². The molecule has 2 amide bonds. The van der Waals surface area contributed by atoms with Crippen molar-refractivity contribution >= 4 is 23.5 Å². The quantitative estimate of drug-likeness (QED) is 0.801. The maximum Gasteiger partial charge on any atom is 0.255 e. The molecular formula is C22H27N5O2. The molecule has 2 aliphatic heterocycles. The highest BCUT2D eigenvalue weighted by atomic mass is 16.2. The van der Waals surface area contributed by atoms with Gasteiger partial charge < -0.3 is 9.80 Å². The Balaban J connectivity index is 1.43. The summed E-state index contributed by atoms with van der Waals surface area (Å²) in [6.07, 6.45) is 3.32. The van der Waals surface area contributed by atoms with Crippen molar-refractivity contribution in [3.63, 3.8) is 0 Å². The zero-order chi connectivity index (χ0) is 20.5. The number of anilines is 2. The summed E-state index contributed by atoms with van der Waals surface area (Å²) in [7, 11) is 0. The molecule has 4 heterocycles. The van der Waals surface area contributed by atoms with E-state index in [1.165, 1.54) is 0 Å². The van der Waals surface area contributed by atoms with E-state index in [0.29, 0.717) is 43.1 Å². The minimum atomic E-state index is 0.00235. The Morgan fingerprint density at radius 2 is 1.79 bits per heavy atom. The van der Waals surface area contributed by atoms with E-state index in [0.717, 1.165) is 36.5 Å². The van der Waals surface area contributed by atoms with Crippen LogP contribution in [-0.2, 0) is 4.79 Å². The van der Waals surface area contributed by atoms with Gasteiger partial charge in [0.1, 0.15) is 11.6 Å². The highest BCUT2D eigenvalue weighted by Crippen LogP contribution is 2.23. The lowest BCUT2D eigenvalue weighted by Gasteiger charge is -2.36. The molecule has 0 saturated carbocycles. The van der Waals surface area contributed by atoms with E-state index >= 15 is 0 Å². The fraction of sp³-hybridized carbons (Fsp3) is 0.455. The number of nitrogens with zero attached hydrogens (tertiary/aromatic N) is 5. The van der Waals surface area contributed by atoms with Gasteiger partial charge in [-0.25, -0.2) is 9.97 Å². The van der Waals surface area contributed by atoms with Gasteiger partial charge in [0.25, 0.3) is 5.91 Å². The van der Waals surface area contributed by atoms with E-state index in [-0.39, 0.29) is 11.8 Å². The molecule has 2 aromatic rings. The Bertz CT molecular complexity index is 950. The number of carbonyl (C=O) groups is 2. The minimum Gasteiger partial charge on any atom is -0.353 e. The topological polar surface area (TPSA) is 69.6 Å². The average molecular weight is 393 g/mol. The van der Waals surface area contributed by atoms with Crippen molar-refractivity contribution in [1.29, 1.82) is 0 Å². The van der Waals surface area contributed by atoms with Crippen LogP contribution >= 0.6 is 0 Å². The molecule has 0 N–H and O–H groups in total. The summed E-state index contributed by atoms with van der Waals surface area (Å²) in [6, 6.07) is 5.74. The van der Waals surface area contributed by atoms with Crippen LogP contribution in [0, 0.1) is 20.8 Å². The number of amides is 2. The fourth-order valence-corrected chi connectivity index (χ4v) is 4.15. The van der Waals surface area contributed by atoms with Crippen LogP contribution in [0.1, 0.15) is 40.0 Å². The van der Waals surface area contributed by atoms with E-state index < -0.39 is 0 Å². The summed E-state index contributed by atoms with van der Waals surface area (Å²) in [5.41, 5.74) is 3.60. The second-order valence-corrected chi connectivity index (χ2v) is 7.88. The van der Waals surface area contributed by atoms with Gasteiger partial charge in [-0.05, 0) is 50.5 Å². The first-order valence-electron chi connectivity index (χ1n) is 10.2. The first-order chi connectivity index (χ1) is 13.9. The number of rotatable bonds is 3. The van der Waals surface area contributed by atoms with Gasteiger partial charge in [-0.15, -0.1) is 0 Å². The first-order valence-corrected chi connectivity index (χ1v) is 10.2. The molecule has 0 aliphatic carbocycles. The van der Waals surface area contributed by atoms with Crippen LogP contribution in [0.5, 0.6) is 0 Å². The van der Waals surface area contributed by atoms with Crippen molar-refractivity contribution in [3.05, 3.63) is 46.8 Å². The van der Waals surface area contributed by atoms with E-state index in [4.69, 9.17) is 0 Å². The number of aromatic nitrogens is 2. The number of pyridine rings is 2. The summed E-state index contributed by atoms with van der Waals surface area (Å²) >= 11 is 0. The molecule has 7 heteroatoms. The van der Waals surface area contributed by atoms with Crippen LogP contribution in [-0.4, -0.2) is 59.4 Å². The molecule has 0 aromatic carbocycles. The molecule has 4 rings (SSSR count). The highest BCUT2D eigenvalue weighted by molar-refractivity contribution is 5.97. The van der Waals surface area contributed by atoms with Gasteiger partial charge in [0.15, 0.2) is 0 Å². The van der Waals surface area contributed by atoms with E-state index in [2.05, 4.69) is 27.9 Å². The molecule has 0 unspecified atom stereocenters. The third kappa shape index (κ3) is 3.81. The van der Waals surface area contributed by atoms with Crippen molar-refractivity contribution in [2.45, 2.75) is 33.6 Å². The lowest BCUT2D eigenvalue weighted by Crippen LogP contribution is -2.49. The van der Waals surface area contributed by atoms with Crippen LogP contribution in [0.15, 0.2) is 24.4 Å². The maximum absolute atomic E-state index is 13.0. The van der Waals surface area contributed by atoms with Crippen LogP contribution in [0.25, 0.3) is 0 Å². The summed E-state index contributed by atoms with van der Waals surface area (Å²) in [5.74, 6) is 1.75. The molecule has 2 saturated heterocycles. The molecule has 0 radical (unpaired) electrons. The lowest BCUT2D eigenvalue weighted by molar-refractivity contribution is -0.117. The largest absolute Gasteiger partial charge is 0.353 e. The Kier molecular flexibility index (Phi) is 5.22. The zero-order valence-corrected chi connectivity index (χ0v) is 17.3. The fourth-order valence-electron chi connectivity index (χ4n) is 4.15. The summed E-state index contributed by atoms with van der Waals surface area (Å²) < 4.78 is 0. The van der Waals surface area contributed by atoms with Crippen molar-refractivity contribution < 1.29 is 9.59 Å². The predicted octanol–water partition coefficient (Wildman–Crippen LogP) is 2.49. The molecule has 2 aliphatic rings. The summed E-state index contributed by atoms with van der Waals surface area (Å²) in [6.45, 7) is 9.49. The highest BCUT2D eigenvalue weighted by Gasteiger charge is 2.27. The molecule has 7 nitrogen and oxygen atoms in total. The minimum absolute atomic E-state index is 0.00235. The van der Waals surface area contributed by atoms with Gasteiger partial charge >= 0.3 is 0 Å². The number of hydrogen-bond donors (Lipinski definition) is 0. The van der Waals surface area contributed by atoms with Crippen LogP contribution in [0.2, 0.25) is 0 Å². The molecule has 0 bridgehead atoms. The van der Waals surface area contributed by atoms with Crippen LogP contribution in [0.4, 0.5) is 11.6 Å². The van der Waals surface area contributed by atoms with E-state index in [1.54, 1.807) is 11.0 Å². The Hall–Kier alpha value is -2.96. The average Bonchev–Trinajstić information content (AvgIpc) is 3.13. The standard InChI is InChI=1S/C22H27N5O2/c1-15-13-16(2)21(23-14-15)25-9-11-26(12-10-25)22(29)18-6-7-19(24-17(18)3)27-8-4-5-20(27)28/h6-7,13-14H,4-5,8-12H2,1-3H3. The van der Waals surface area contributed by atoms with Crippen molar-refractivity contribution in [1.82, 2.24) is 14.9 Å². The van der Waals surface area contributed by atoms with Gasteiger partial charge in [0, 0.05) is 45.3 Å². The van der Waals surface area contributed by atoms with Gasteiger partial charge in [-0.1, -0.05) is 6.07 Å². The molecule has 29 heavy (non-hydrogen) atoms. The van der Waals surface area contributed by atoms with E-state index in [1.807, 2.05) is 31.0 Å². The zero-order valence-electron chi connectivity index (χ0n) is 17.3. The maximum atomic E-state index is 13.0. The van der Waals surface area contributed by atoms with Gasteiger partial charge in [0.2, 0.25) is 5.91 Å². The normalized spacial score (nSPS) is 17.2. The Morgan fingerprint density at radius 1 is 1.03 bits per heavy atom. The van der Waals surface area contributed by atoms with Gasteiger partial charge in [-0.3, -0.25) is 14.5 Å². The Labute approximate surface area is 171 Å². The molecule has 0 atom stereocenters. The number of carbonyl (C=O) groups excluding carboxylic acids is 2. The molecule has 2 aromatic heterocycles. The second-order valence-electron chi connectivity index (χ2n) is 7.88. The molecule has 152 valence electrons. The number of hydrogen-bond acceptors (Lipinski definition) is 5. The third-order valence-corrected chi connectivity index (χ3v) is 5.71. The van der Waals surface area contributed by atoms with Gasteiger partial charge in [0.05, 0.1) is 11.3 Å². The lowest BCUT2D eigenvalue weighted by atomic mass is 10.1. The smallest absolute Gasteiger partial charge is 0.255 e. The molecule has 2 fully saturated rings. The van der Waals surface area contributed by atoms with Crippen molar-refractivity contribution in [2.75, 3.05) is 42.5 Å². The molecular weight excluding hydrogens is 366 g/mol. The molecule has 0 spiro atoms. The van der Waals surface area contributed by atoms with Crippen LogP contribution < -0.4 is 9.80 Å². The van der Waals surface area contributed by atoms with Crippen molar-refractivity contribution in [3.8, 4) is 0 Å². The predicted molar refractivity (Wildman–Crippen MR) is 112 cm³/mol. The van der Waals surface area contributed by atoms with Crippen molar-refractivity contribution in [2.24, 2.45) is 0 Å². The SMILES string of the molecule is Cc1cnc(N2CCN(C(=O)c3ccc(N4CCCC4=O)nc3C)CC2)c(C)c1. The summed E-state index contributed by atoms with van der Waals surface area (Å²) in [4.78, 5) is 39.9. The second kappa shape index (κ2) is 7.81.